The number of aliphatic hydroxyl groups excluding tert-OH is 2. The summed E-state index contributed by atoms with van der Waals surface area (Å²) in [6.45, 7) is 6.76. The molecule has 2 N–H and O–H groups in total. The Morgan fingerprint density at radius 2 is 1.86 bits per heavy atom. The number of aliphatic hydroxyl groups is 2. The average molecular weight is 469 g/mol. The number of hydrogen-bond donors (Lipinski definition) is 2. The molecule has 0 saturated heterocycles. The number of ketones is 1. The van der Waals surface area contributed by atoms with Crippen LogP contribution in [0.2, 0.25) is 0 Å². The van der Waals surface area contributed by atoms with Crippen molar-refractivity contribution in [2.24, 2.45) is 46.3 Å². The van der Waals surface area contributed by atoms with Crippen LogP contribution in [0.5, 0.6) is 0 Å². The van der Waals surface area contributed by atoms with Crippen molar-refractivity contribution in [1.82, 2.24) is 0 Å². The molecule has 4 aliphatic carbocycles. The number of alkyl halides is 1. The van der Waals surface area contributed by atoms with Gasteiger partial charge in [0, 0.05) is 17.8 Å². The Kier molecular flexibility index (Phi) is 5.83. The minimum Gasteiger partial charge on any atom is -0.393 e. The van der Waals surface area contributed by atoms with Gasteiger partial charge < -0.3 is 15.0 Å². The Bertz CT molecular complexity index is 667. The molecular weight excluding hydrogens is 432 g/mol. The third kappa shape index (κ3) is 3.12. The minimum absolute atomic E-state index is 0.00446. The second-order valence-electron chi connectivity index (χ2n) is 11.1. The van der Waals surface area contributed by atoms with Crippen LogP contribution in [0.3, 0.4) is 0 Å². The molecule has 5 heteroatoms. The van der Waals surface area contributed by atoms with Gasteiger partial charge in [0.2, 0.25) is 0 Å². The Morgan fingerprint density at radius 1 is 1.14 bits per heavy atom. The van der Waals surface area contributed by atoms with Crippen molar-refractivity contribution in [1.29, 1.82) is 0 Å². The fraction of sp³-hybridized carbons (Fsp3) is 0.917. The maximum atomic E-state index is 13.6. The minimum atomic E-state index is -0.399. The van der Waals surface area contributed by atoms with E-state index in [1.165, 1.54) is 0 Å². The molecule has 0 aromatic heterocycles. The van der Waals surface area contributed by atoms with Gasteiger partial charge >= 0.3 is 0 Å². The monoisotopic (exact) mass is 468 g/mol. The van der Waals surface area contributed by atoms with Gasteiger partial charge in [-0.05, 0) is 80.0 Å². The predicted molar refractivity (Wildman–Crippen MR) is 116 cm³/mol. The number of aldehydes is 1. The summed E-state index contributed by atoms with van der Waals surface area (Å²) in [5.41, 5.74) is -0.251. The summed E-state index contributed by atoms with van der Waals surface area (Å²) in [4.78, 5) is 24.4. The summed E-state index contributed by atoms with van der Waals surface area (Å²) in [5.74, 6) is 1.65. The largest absolute Gasteiger partial charge is 0.393 e. The quantitative estimate of drug-likeness (QED) is 0.479. The van der Waals surface area contributed by atoms with Crippen LogP contribution < -0.4 is 0 Å². The molecule has 4 aliphatic rings. The first kappa shape index (κ1) is 22.0. The van der Waals surface area contributed by atoms with Crippen molar-refractivity contribution in [2.45, 2.75) is 89.2 Å². The van der Waals surface area contributed by atoms with E-state index < -0.39 is 6.10 Å². The number of rotatable bonds is 4. The molecule has 0 bridgehead atoms. The Morgan fingerprint density at radius 3 is 2.55 bits per heavy atom. The normalized spacial score (nSPS) is 53.0. The van der Waals surface area contributed by atoms with Gasteiger partial charge in [-0.25, -0.2) is 0 Å². The van der Waals surface area contributed by atoms with E-state index in [4.69, 9.17) is 0 Å². The zero-order valence-corrected chi connectivity index (χ0v) is 19.6. The summed E-state index contributed by atoms with van der Waals surface area (Å²) in [5, 5.41) is 21.8. The molecule has 11 atom stereocenters. The van der Waals surface area contributed by atoms with Crippen LogP contribution in [0.25, 0.3) is 0 Å². The van der Waals surface area contributed by atoms with E-state index in [2.05, 4.69) is 36.7 Å². The number of carbonyl (C=O) groups excluding carboxylic acids is 2. The molecule has 0 aliphatic heterocycles. The van der Waals surface area contributed by atoms with Crippen molar-refractivity contribution >= 4 is 28.0 Å². The summed E-state index contributed by atoms with van der Waals surface area (Å²) in [6.07, 6.45) is 6.88. The van der Waals surface area contributed by atoms with Crippen LogP contribution in [0.1, 0.15) is 72.1 Å². The lowest BCUT2D eigenvalue weighted by Crippen LogP contribution is -2.64. The SMILES string of the molecule is C[C@H](CCC=O)[C@H]1CC[C@H]2[C@@H]3C(=O)[C@H](Br)[C@@H]4C[C@H](O)CC[C@]4(C)[C@H]3C[C@H](O)[C@]12C. The lowest BCUT2D eigenvalue weighted by atomic mass is 9.43. The van der Waals surface area contributed by atoms with Gasteiger partial charge in [0.1, 0.15) is 12.1 Å². The van der Waals surface area contributed by atoms with Crippen LogP contribution in [0.15, 0.2) is 0 Å². The smallest absolute Gasteiger partial charge is 0.150 e. The zero-order chi connectivity index (χ0) is 21.1. The van der Waals surface area contributed by atoms with E-state index in [-0.39, 0.29) is 45.4 Å². The highest BCUT2D eigenvalue weighted by atomic mass is 79.9. The molecule has 4 rings (SSSR count). The first-order valence-electron chi connectivity index (χ1n) is 11.6. The summed E-state index contributed by atoms with van der Waals surface area (Å²) >= 11 is 3.77. The molecule has 4 nitrogen and oxygen atoms in total. The lowest BCUT2D eigenvalue weighted by Gasteiger charge is -2.62. The van der Waals surface area contributed by atoms with Gasteiger partial charge in [0.25, 0.3) is 0 Å². The molecule has 29 heavy (non-hydrogen) atoms. The topological polar surface area (TPSA) is 74.6 Å². The standard InChI is InChI=1S/C24H37BrO4/c1-13(5-4-10-26)15-6-7-16-20-17(12-19(28)24(15,16)3)23(2)9-8-14(27)11-18(23)21(25)22(20)29/h10,13-21,27-28H,4-9,11-12H2,1-3H3/t13-,14-,15-,16+,17+,18+,19+,20+,21-,23-,24-/m1/s1. The fourth-order valence-corrected chi connectivity index (χ4v) is 9.51. The van der Waals surface area contributed by atoms with Crippen molar-refractivity contribution < 1.29 is 19.8 Å². The van der Waals surface area contributed by atoms with E-state index in [1.54, 1.807) is 0 Å². The fourth-order valence-electron chi connectivity index (χ4n) is 8.38. The van der Waals surface area contributed by atoms with Crippen molar-refractivity contribution in [3.8, 4) is 0 Å². The Balaban J connectivity index is 1.68. The maximum absolute atomic E-state index is 13.6. The molecule has 0 radical (unpaired) electrons. The van der Waals surface area contributed by atoms with E-state index in [9.17, 15) is 19.8 Å². The zero-order valence-electron chi connectivity index (χ0n) is 18.0. The van der Waals surface area contributed by atoms with Gasteiger partial charge in [-0.15, -0.1) is 0 Å². The van der Waals surface area contributed by atoms with Gasteiger partial charge in [-0.2, -0.15) is 0 Å². The molecule has 0 heterocycles. The maximum Gasteiger partial charge on any atom is 0.150 e. The number of halogens is 1. The highest BCUT2D eigenvalue weighted by Crippen LogP contribution is 2.68. The highest BCUT2D eigenvalue weighted by Gasteiger charge is 2.67. The number of Topliss-reactive ketones (excluding diaryl/α,β-unsaturated/α-hetero) is 1. The second kappa shape index (κ2) is 7.70. The Hall–Kier alpha value is -0.260. The van der Waals surface area contributed by atoms with Crippen molar-refractivity contribution in [3.05, 3.63) is 0 Å². The number of hydrogen-bond acceptors (Lipinski definition) is 4. The molecule has 0 aromatic rings. The van der Waals surface area contributed by atoms with Crippen molar-refractivity contribution in [3.63, 3.8) is 0 Å². The van der Waals surface area contributed by atoms with E-state index in [0.717, 1.165) is 38.4 Å². The number of fused-ring (bicyclic) bond motifs is 5. The van der Waals surface area contributed by atoms with Crippen LogP contribution >= 0.6 is 15.9 Å². The van der Waals surface area contributed by atoms with Crippen LogP contribution in [-0.2, 0) is 9.59 Å². The molecule has 4 fully saturated rings. The Labute approximate surface area is 183 Å². The molecule has 4 saturated carbocycles. The van der Waals surface area contributed by atoms with Gasteiger partial charge in [0.15, 0.2) is 0 Å². The van der Waals surface area contributed by atoms with E-state index >= 15 is 0 Å². The van der Waals surface area contributed by atoms with Crippen LogP contribution in [0.4, 0.5) is 0 Å². The van der Waals surface area contributed by atoms with E-state index in [0.29, 0.717) is 36.9 Å². The van der Waals surface area contributed by atoms with Crippen molar-refractivity contribution in [2.75, 3.05) is 0 Å². The molecule has 0 spiro atoms. The summed E-state index contributed by atoms with van der Waals surface area (Å²) < 4.78 is 0. The number of carbonyl (C=O) groups is 2. The van der Waals surface area contributed by atoms with Crippen LogP contribution in [-0.4, -0.2) is 39.3 Å². The predicted octanol–water partition coefficient (Wildman–Crippen LogP) is 4.14. The van der Waals surface area contributed by atoms with Gasteiger partial charge in [-0.3, -0.25) is 4.79 Å². The average Bonchev–Trinajstić information content (AvgIpc) is 3.05. The molecule has 0 amide bonds. The lowest BCUT2D eigenvalue weighted by molar-refractivity contribution is -0.180. The van der Waals surface area contributed by atoms with Crippen LogP contribution in [0, 0.1) is 46.3 Å². The summed E-state index contributed by atoms with van der Waals surface area (Å²) in [6, 6.07) is 0. The highest BCUT2D eigenvalue weighted by molar-refractivity contribution is 9.10. The molecule has 164 valence electrons. The molecule has 0 unspecified atom stereocenters. The first-order valence-corrected chi connectivity index (χ1v) is 12.5. The van der Waals surface area contributed by atoms with E-state index in [1.807, 2.05) is 0 Å². The molecular formula is C24H37BrO4. The summed E-state index contributed by atoms with van der Waals surface area (Å²) in [7, 11) is 0. The first-order chi connectivity index (χ1) is 13.7. The third-order valence-electron chi connectivity index (χ3n) is 10.1. The molecule has 0 aromatic carbocycles. The second-order valence-corrected chi connectivity index (χ2v) is 12.1. The van der Waals surface area contributed by atoms with Gasteiger partial charge in [-0.1, -0.05) is 36.7 Å². The third-order valence-corrected chi connectivity index (χ3v) is 11.2. The van der Waals surface area contributed by atoms with Gasteiger partial charge in [0.05, 0.1) is 17.0 Å².